The van der Waals surface area contributed by atoms with Crippen LogP contribution in [0, 0.1) is 17.8 Å². The molecule has 0 aromatic heterocycles. The van der Waals surface area contributed by atoms with Crippen molar-refractivity contribution in [1.29, 1.82) is 0 Å². The van der Waals surface area contributed by atoms with Crippen LogP contribution in [0.2, 0.25) is 0 Å². The van der Waals surface area contributed by atoms with Gasteiger partial charge in [0.25, 0.3) is 0 Å². The number of hydrogen-bond acceptors (Lipinski definition) is 4. The molecule has 3 atom stereocenters. The maximum Gasteiger partial charge on any atom is 0.506 e. The smallest absolute Gasteiger partial charge is 0.450 e. The second-order valence-electron chi connectivity index (χ2n) is 5.20. The fourth-order valence-electron chi connectivity index (χ4n) is 2.38. The lowest BCUT2D eigenvalue weighted by atomic mass is 9.75. The van der Waals surface area contributed by atoms with Gasteiger partial charge >= 0.3 is 6.16 Å². The molecule has 108 valence electrons. The number of carboxylic acid groups (broad SMARTS) is 1. The van der Waals surface area contributed by atoms with Gasteiger partial charge in [0.05, 0.1) is 13.2 Å². The van der Waals surface area contributed by atoms with Crippen LogP contribution in [0.3, 0.4) is 0 Å². The molecule has 0 unspecified atom stereocenters. The molecule has 5 heteroatoms. The maximum atomic E-state index is 10.5. The van der Waals surface area contributed by atoms with Gasteiger partial charge in [0.2, 0.25) is 0 Å². The van der Waals surface area contributed by atoms with E-state index in [1.165, 1.54) is 6.42 Å². The highest BCUT2D eigenvalue weighted by molar-refractivity contribution is 5.57. The molecule has 1 aliphatic carbocycles. The number of hydrogen-bond donors (Lipinski definition) is 3. The number of rotatable bonds is 3. The van der Waals surface area contributed by atoms with E-state index in [2.05, 4.69) is 20.8 Å². The van der Waals surface area contributed by atoms with Crippen LogP contribution in [0.5, 0.6) is 0 Å². The van der Waals surface area contributed by atoms with Crippen molar-refractivity contribution >= 4 is 6.16 Å². The fourth-order valence-corrected chi connectivity index (χ4v) is 2.38. The Balaban J connectivity index is 0.000000631. The van der Waals surface area contributed by atoms with Crippen LogP contribution in [0.4, 0.5) is 4.79 Å². The maximum absolute atomic E-state index is 10.5. The average molecular weight is 262 g/mol. The molecule has 0 aromatic rings. The van der Waals surface area contributed by atoms with Gasteiger partial charge in [-0.05, 0) is 30.6 Å². The summed E-state index contributed by atoms with van der Waals surface area (Å²) < 4.78 is 4.95. The van der Waals surface area contributed by atoms with Gasteiger partial charge in [-0.25, -0.2) is 4.79 Å². The summed E-state index contributed by atoms with van der Waals surface area (Å²) in [6, 6.07) is 0. The molecule has 1 rings (SSSR count). The predicted molar refractivity (Wildman–Crippen MR) is 68.4 cm³/mol. The Hall–Kier alpha value is -0.810. The van der Waals surface area contributed by atoms with Crippen molar-refractivity contribution in [2.45, 2.75) is 46.1 Å². The zero-order chi connectivity index (χ0) is 14.1. The Morgan fingerprint density at radius 1 is 1.28 bits per heavy atom. The molecule has 0 amide bonds. The highest BCUT2D eigenvalue weighted by atomic mass is 16.7. The van der Waals surface area contributed by atoms with Crippen LogP contribution in [0.15, 0.2) is 0 Å². The highest BCUT2D eigenvalue weighted by Gasteiger charge is 2.33. The lowest BCUT2D eigenvalue weighted by Gasteiger charge is -2.35. The summed E-state index contributed by atoms with van der Waals surface area (Å²) in [7, 11) is 0. The first-order chi connectivity index (χ1) is 8.42. The summed E-state index contributed by atoms with van der Waals surface area (Å²) in [5.74, 6) is 1.50. The van der Waals surface area contributed by atoms with Crippen molar-refractivity contribution in [3.63, 3.8) is 0 Å². The largest absolute Gasteiger partial charge is 0.506 e. The van der Waals surface area contributed by atoms with Crippen molar-refractivity contribution in [2.75, 3.05) is 13.2 Å². The van der Waals surface area contributed by atoms with Crippen molar-refractivity contribution in [1.82, 2.24) is 0 Å². The number of ether oxygens (including phenoxy) is 1. The van der Waals surface area contributed by atoms with Crippen LogP contribution >= 0.6 is 0 Å². The Labute approximate surface area is 109 Å². The molecular weight excluding hydrogens is 236 g/mol. The molecular formula is C13H26O5. The minimum Gasteiger partial charge on any atom is -0.450 e. The quantitative estimate of drug-likeness (QED) is 0.678. The molecule has 0 spiro atoms. The van der Waals surface area contributed by atoms with Crippen LogP contribution in [-0.2, 0) is 4.74 Å². The number of aliphatic hydroxyl groups is 2. The number of carbonyl (C=O) groups is 1. The average Bonchev–Trinajstić information content (AvgIpc) is 2.28. The highest BCUT2D eigenvalue weighted by Crippen LogP contribution is 2.35. The van der Waals surface area contributed by atoms with E-state index < -0.39 is 6.16 Å². The summed E-state index contributed by atoms with van der Waals surface area (Å²) in [6.07, 6.45) is 1.96. The Morgan fingerprint density at radius 2 is 1.83 bits per heavy atom. The summed E-state index contributed by atoms with van der Waals surface area (Å²) >= 11 is 0. The van der Waals surface area contributed by atoms with Crippen molar-refractivity contribution in [2.24, 2.45) is 17.8 Å². The second-order valence-corrected chi connectivity index (χ2v) is 5.20. The molecule has 0 radical (unpaired) electrons. The topological polar surface area (TPSA) is 87.0 Å². The first kappa shape index (κ1) is 17.2. The van der Waals surface area contributed by atoms with E-state index in [-0.39, 0.29) is 19.3 Å². The molecule has 5 nitrogen and oxygen atoms in total. The summed E-state index contributed by atoms with van der Waals surface area (Å²) in [5.41, 5.74) is 0. The van der Waals surface area contributed by atoms with Gasteiger partial charge in [0.1, 0.15) is 6.10 Å². The van der Waals surface area contributed by atoms with E-state index in [4.69, 9.17) is 20.1 Å². The minimum atomic E-state index is -1.13. The van der Waals surface area contributed by atoms with Crippen molar-refractivity contribution in [3.8, 4) is 0 Å². The van der Waals surface area contributed by atoms with Gasteiger partial charge in [-0.1, -0.05) is 27.2 Å². The zero-order valence-electron chi connectivity index (χ0n) is 11.5. The van der Waals surface area contributed by atoms with E-state index in [1.807, 2.05) is 0 Å². The van der Waals surface area contributed by atoms with Crippen molar-refractivity contribution < 1.29 is 24.9 Å². The van der Waals surface area contributed by atoms with E-state index in [1.54, 1.807) is 0 Å². The van der Waals surface area contributed by atoms with Gasteiger partial charge in [-0.3, -0.25) is 0 Å². The summed E-state index contributed by atoms with van der Waals surface area (Å²) in [5, 5.41) is 23.9. The molecule has 1 saturated carbocycles. The van der Waals surface area contributed by atoms with Crippen LogP contribution in [0.1, 0.15) is 40.0 Å². The Morgan fingerprint density at radius 3 is 2.22 bits per heavy atom. The summed E-state index contributed by atoms with van der Waals surface area (Å²) in [6.45, 7) is 6.19. The van der Waals surface area contributed by atoms with Gasteiger partial charge < -0.3 is 20.1 Å². The third-order valence-electron chi connectivity index (χ3n) is 3.31. The van der Waals surface area contributed by atoms with Crippen LogP contribution in [0.25, 0.3) is 0 Å². The van der Waals surface area contributed by atoms with Crippen molar-refractivity contribution in [3.05, 3.63) is 0 Å². The fraction of sp³-hybridized carbons (Fsp3) is 0.923. The van der Waals surface area contributed by atoms with E-state index in [0.29, 0.717) is 17.8 Å². The van der Waals surface area contributed by atoms with E-state index in [9.17, 15) is 4.79 Å². The van der Waals surface area contributed by atoms with Gasteiger partial charge in [0.15, 0.2) is 0 Å². The molecule has 18 heavy (non-hydrogen) atoms. The third-order valence-corrected chi connectivity index (χ3v) is 3.31. The first-order valence-electron chi connectivity index (χ1n) is 6.53. The Bertz CT molecular complexity index is 227. The number of aliphatic hydroxyl groups excluding tert-OH is 2. The molecule has 0 heterocycles. The SMILES string of the molecule is CC(C)[C@H]1CC[C@H](C)C[C@@H]1OC(=O)O.OCCO. The molecule has 0 bridgehead atoms. The lowest BCUT2D eigenvalue weighted by Crippen LogP contribution is -2.35. The van der Waals surface area contributed by atoms with Gasteiger partial charge in [-0.15, -0.1) is 0 Å². The minimum absolute atomic E-state index is 0.0868. The van der Waals surface area contributed by atoms with Gasteiger partial charge in [-0.2, -0.15) is 0 Å². The summed E-state index contributed by atoms with van der Waals surface area (Å²) in [4.78, 5) is 10.5. The first-order valence-corrected chi connectivity index (χ1v) is 6.53. The zero-order valence-corrected chi connectivity index (χ0v) is 11.5. The van der Waals surface area contributed by atoms with E-state index >= 15 is 0 Å². The lowest BCUT2D eigenvalue weighted by molar-refractivity contribution is -0.0174. The standard InChI is InChI=1S/C11H20O3.C2H6O2/c1-7(2)9-5-4-8(3)6-10(9)14-11(12)13;3-1-2-4/h7-10H,4-6H2,1-3H3,(H,12,13);3-4H,1-2H2/t8-,9+,10-;/m0./s1. The molecule has 0 aliphatic heterocycles. The molecule has 0 aromatic carbocycles. The normalized spacial score (nSPS) is 27.3. The molecule has 3 N–H and O–H groups in total. The third kappa shape index (κ3) is 6.81. The van der Waals surface area contributed by atoms with E-state index in [0.717, 1.165) is 12.8 Å². The van der Waals surface area contributed by atoms with Crippen LogP contribution < -0.4 is 0 Å². The Kier molecular flexibility index (Phi) is 8.75. The molecule has 1 aliphatic rings. The predicted octanol–water partition coefficient (Wildman–Crippen LogP) is 2.11. The molecule has 0 saturated heterocycles. The monoisotopic (exact) mass is 262 g/mol. The van der Waals surface area contributed by atoms with Gasteiger partial charge in [0, 0.05) is 0 Å². The second kappa shape index (κ2) is 9.16. The van der Waals surface area contributed by atoms with Crippen LogP contribution in [-0.4, -0.2) is 40.8 Å². The molecule has 1 fully saturated rings.